The number of ether oxygens (including phenoxy) is 1. The summed E-state index contributed by atoms with van der Waals surface area (Å²) in [5.41, 5.74) is 4.02. The fourth-order valence-corrected chi connectivity index (χ4v) is 1.10. The summed E-state index contributed by atoms with van der Waals surface area (Å²) in [6.45, 7) is 7.44. The van der Waals surface area contributed by atoms with Crippen molar-refractivity contribution in [2.75, 3.05) is 13.2 Å². The largest absolute Gasteiger partial charge is 0.490 e. The zero-order valence-corrected chi connectivity index (χ0v) is 9.03. The Balaban J connectivity index is 2.38. The predicted octanol–water partition coefficient (Wildman–Crippen LogP) is 2.29. The van der Waals surface area contributed by atoms with Crippen molar-refractivity contribution in [3.05, 3.63) is 42.5 Å². The van der Waals surface area contributed by atoms with Crippen LogP contribution in [-0.2, 0) is 11.4 Å². The normalized spacial score (nSPS) is 9.93. The molecule has 0 aliphatic carbocycles. The molecule has 0 aliphatic rings. The summed E-state index contributed by atoms with van der Waals surface area (Å²) in [7, 11) is 0. The highest BCUT2D eigenvalue weighted by Crippen LogP contribution is 2.11. The van der Waals surface area contributed by atoms with Crippen LogP contribution in [0.4, 0.5) is 0 Å². The van der Waals surface area contributed by atoms with Gasteiger partial charge in [-0.05, 0) is 24.6 Å². The highest BCUT2D eigenvalue weighted by atomic mass is 16.6. The van der Waals surface area contributed by atoms with Crippen molar-refractivity contribution in [1.82, 2.24) is 5.48 Å². The van der Waals surface area contributed by atoms with Crippen LogP contribution in [0.15, 0.2) is 36.9 Å². The Labute approximate surface area is 90.7 Å². The van der Waals surface area contributed by atoms with Crippen LogP contribution in [0.3, 0.4) is 0 Å². The first-order valence-electron chi connectivity index (χ1n) is 5.04. The first-order valence-corrected chi connectivity index (χ1v) is 5.04. The Kier molecular flexibility index (Phi) is 5.51. The van der Waals surface area contributed by atoms with E-state index in [-0.39, 0.29) is 0 Å². The summed E-state index contributed by atoms with van der Waals surface area (Å²) in [6.07, 6.45) is 1.73. The van der Waals surface area contributed by atoms with Crippen molar-refractivity contribution in [1.29, 1.82) is 0 Å². The van der Waals surface area contributed by atoms with Crippen LogP contribution in [0.5, 0.6) is 5.75 Å². The standard InChI is InChI=1S/C12H17NO2/c1-3-9-14-12-7-5-11(6-8-12)10-13-15-4-2/h3,5-8,13H,1,4,9-10H2,2H3. The monoisotopic (exact) mass is 207 g/mol. The maximum Gasteiger partial charge on any atom is 0.119 e. The van der Waals surface area contributed by atoms with Crippen LogP contribution in [0.1, 0.15) is 12.5 Å². The minimum absolute atomic E-state index is 0.538. The lowest BCUT2D eigenvalue weighted by Crippen LogP contribution is -2.13. The maximum absolute atomic E-state index is 5.37. The van der Waals surface area contributed by atoms with Gasteiger partial charge in [-0.25, -0.2) is 0 Å². The van der Waals surface area contributed by atoms with Crippen LogP contribution >= 0.6 is 0 Å². The highest BCUT2D eigenvalue weighted by Gasteiger charge is 1.94. The summed E-state index contributed by atoms with van der Waals surface area (Å²) in [6, 6.07) is 7.88. The van der Waals surface area contributed by atoms with E-state index in [1.807, 2.05) is 31.2 Å². The van der Waals surface area contributed by atoms with Gasteiger partial charge in [0.05, 0.1) is 6.61 Å². The van der Waals surface area contributed by atoms with Gasteiger partial charge in [0.2, 0.25) is 0 Å². The molecule has 1 aromatic carbocycles. The minimum atomic E-state index is 0.538. The molecule has 3 heteroatoms. The lowest BCUT2D eigenvalue weighted by molar-refractivity contribution is 0.0463. The van der Waals surface area contributed by atoms with Gasteiger partial charge < -0.3 is 9.57 Å². The molecule has 82 valence electrons. The summed E-state index contributed by atoms with van der Waals surface area (Å²) in [5.74, 6) is 0.857. The van der Waals surface area contributed by atoms with Crippen molar-refractivity contribution in [2.24, 2.45) is 0 Å². The molecule has 1 rings (SSSR count). The molecule has 0 amide bonds. The minimum Gasteiger partial charge on any atom is -0.490 e. The van der Waals surface area contributed by atoms with E-state index in [9.17, 15) is 0 Å². The number of hydrogen-bond donors (Lipinski definition) is 1. The molecule has 1 aromatic rings. The SMILES string of the molecule is C=CCOc1ccc(CNOCC)cc1. The number of hydroxylamine groups is 1. The first kappa shape index (κ1) is 11.8. The van der Waals surface area contributed by atoms with Crippen molar-refractivity contribution < 1.29 is 9.57 Å². The molecule has 1 N–H and O–H groups in total. The fourth-order valence-electron chi connectivity index (χ4n) is 1.10. The molecule has 15 heavy (non-hydrogen) atoms. The second-order valence-electron chi connectivity index (χ2n) is 3.00. The Bertz CT molecular complexity index is 282. The van der Waals surface area contributed by atoms with E-state index in [1.165, 1.54) is 0 Å². The van der Waals surface area contributed by atoms with Crippen LogP contribution in [0.25, 0.3) is 0 Å². The van der Waals surface area contributed by atoms with Crippen LogP contribution < -0.4 is 10.2 Å². The zero-order chi connectivity index (χ0) is 10.9. The fraction of sp³-hybridized carbons (Fsp3) is 0.333. The number of hydrogen-bond acceptors (Lipinski definition) is 3. The van der Waals surface area contributed by atoms with Gasteiger partial charge in [-0.3, -0.25) is 0 Å². The number of nitrogens with one attached hydrogen (secondary N) is 1. The third-order valence-electron chi connectivity index (χ3n) is 1.81. The number of rotatable bonds is 7. The molecule has 0 saturated heterocycles. The van der Waals surface area contributed by atoms with E-state index in [0.29, 0.717) is 19.8 Å². The van der Waals surface area contributed by atoms with Gasteiger partial charge in [-0.1, -0.05) is 24.8 Å². The molecule has 0 fully saturated rings. The lowest BCUT2D eigenvalue weighted by Gasteiger charge is -2.06. The molecule has 0 atom stereocenters. The Morgan fingerprint density at radius 1 is 1.33 bits per heavy atom. The third-order valence-corrected chi connectivity index (χ3v) is 1.81. The summed E-state index contributed by atoms with van der Waals surface area (Å²) in [5, 5.41) is 0. The summed E-state index contributed by atoms with van der Waals surface area (Å²) in [4.78, 5) is 5.04. The van der Waals surface area contributed by atoms with E-state index in [4.69, 9.17) is 9.57 Å². The summed E-state index contributed by atoms with van der Waals surface area (Å²) < 4.78 is 5.37. The Morgan fingerprint density at radius 2 is 2.07 bits per heavy atom. The molecule has 0 saturated carbocycles. The van der Waals surface area contributed by atoms with Gasteiger partial charge in [0, 0.05) is 6.54 Å². The maximum atomic E-state index is 5.37. The third kappa shape index (κ3) is 4.63. The van der Waals surface area contributed by atoms with Crippen LogP contribution in [0.2, 0.25) is 0 Å². The van der Waals surface area contributed by atoms with Crippen molar-refractivity contribution in [3.8, 4) is 5.75 Å². The second-order valence-corrected chi connectivity index (χ2v) is 3.00. The predicted molar refractivity (Wildman–Crippen MR) is 60.6 cm³/mol. The molecule has 0 unspecified atom stereocenters. The van der Waals surface area contributed by atoms with Gasteiger partial charge in [-0.2, -0.15) is 5.48 Å². The second kappa shape index (κ2) is 7.04. The molecule has 0 radical (unpaired) electrons. The van der Waals surface area contributed by atoms with E-state index >= 15 is 0 Å². The number of benzene rings is 1. The van der Waals surface area contributed by atoms with E-state index in [0.717, 1.165) is 11.3 Å². The summed E-state index contributed by atoms with van der Waals surface area (Å²) >= 11 is 0. The molecule has 3 nitrogen and oxygen atoms in total. The molecule has 0 heterocycles. The smallest absolute Gasteiger partial charge is 0.119 e. The Hall–Kier alpha value is -1.32. The molecular weight excluding hydrogens is 190 g/mol. The lowest BCUT2D eigenvalue weighted by atomic mass is 10.2. The van der Waals surface area contributed by atoms with Gasteiger partial charge >= 0.3 is 0 Å². The molecule has 0 aromatic heterocycles. The first-order chi connectivity index (χ1) is 7.36. The van der Waals surface area contributed by atoms with Crippen LogP contribution in [0, 0.1) is 0 Å². The Morgan fingerprint density at radius 3 is 2.67 bits per heavy atom. The van der Waals surface area contributed by atoms with Crippen LogP contribution in [-0.4, -0.2) is 13.2 Å². The van der Waals surface area contributed by atoms with Gasteiger partial charge in [0.25, 0.3) is 0 Å². The van der Waals surface area contributed by atoms with E-state index in [2.05, 4.69) is 12.1 Å². The van der Waals surface area contributed by atoms with Crippen molar-refractivity contribution >= 4 is 0 Å². The van der Waals surface area contributed by atoms with Gasteiger partial charge in [0.15, 0.2) is 0 Å². The van der Waals surface area contributed by atoms with Crippen molar-refractivity contribution in [3.63, 3.8) is 0 Å². The molecular formula is C12H17NO2. The average molecular weight is 207 g/mol. The molecule has 0 bridgehead atoms. The van der Waals surface area contributed by atoms with E-state index < -0.39 is 0 Å². The molecule has 0 aliphatic heterocycles. The highest BCUT2D eigenvalue weighted by molar-refractivity contribution is 5.27. The average Bonchev–Trinajstić information content (AvgIpc) is 2.28. The van der Waals surface area contributed by atoms with E-state index in [1.54, 1.807) is 6.08 Å². The molecule has 0 spiro atoms. The van der Waals surface area contributed by atoms with Gasteiger partial charge in [0.1, 0.15) is 12.4 Å². The quantitative estimate of drug-likeness (QED) is 0.423. The topological polar surface area (TPSA) is 30.5 Å². The van der Waals surface area contributed by atoms with Crippen molar-refractivity contribution in [2.45, 2.75) is 13.5 Å². The van der Waals surface area contributed by atoms with Gasteiger partial charge in [-0.15, -0.1) is 0 Å². The zero-order valence-electron chi connectivity index (χ0n) is 9.03.